The van der Waals surface area contributed by atoms with Gasteiger partial charge in [-0.1, -0.05) is 121 Å². The molecule has 46 heteroatoms. The molecule has 10 amide bonds. The monoisotopic (exact) mass is 2020 g/mol. The Morgan fingerprint density at radius 3 is 1.06 bits per heavy atom. The molecule has 4 aliphatic rings. The third-order valence-electron chi connectivity index (χ3n) is 22.0. The number of hydrogen-bond acceptors (Lipinski definition) is 30. The van der Waals surface area contributed by atoms with Gasteiger partial charge in [-0.25, -0.2) is 55.3 Å². The lowest BCUT2D eigenvalue weighted by atomic mass is 9.93. The van der Waals surface area contributed by atoms with Crippen LogP contribution < -0.4 is 70.1 Å². The molecule has 756 valence electrons. The Morgan fingerprint density at radius 1 is 0.429 bits per heavy atom. The number of ether oxygens (including phenoxy) is 10. The highest BCUT2D eigenvalue weighted by Gasteiger charge is 2.49. The molecule has 4 heterocycles. The SMILES string of the molecule is C=CCOC(=O)N[C@H](C(=O)N[C@@H](C)C(=O)Nc1cc(COS(C)(=O)=O)cc(COS(C)(=O)=O)c1)C(C)C.C=CCOC(=O)N[C@H](C(=O)N[C@@H](C)C(=O)Nc1cc(COc2cc3c(cc2OC)C(=O)N2CC=C(c4ccc(S(=O)(=O)NC)cc4)C[C@H]2C(OC)N3C(=O)OCC=C)cc(COc2cc3c(cc2OC)C(=O)N2CC=C(c4ccc(S(=O)(=O)NC)cc4)C[C@H]2C(OC)N3C(=O)OCC=C)c1)C(C)C. The molecule has 0 saturated heterocycles. The summed E-state index contributed by atoms with van der Waals surface area (Å²) in [5, 5.41) is 15.6. The van der Waals surface area contributed by atoms with E-state index in [9.17, 15) is 81.6 Å². The Bertz CT molecular complexity index is 5910. The average molecular weight is 2020 g/mol. The second-order valence-corrected chi connectivity index (χ2v) is 39.7. The van der Waals surface area contributed by atoms with Gasteiger partial charge in [-0.2, -0.15) is 16.8 Å². The van der Waals surface area contributed by atoms with Crippen LogP contribution in [0.2, 0.25) is 0 Å². The molecular weight excluding hydrogens is 1910 g/mol. The van der Waals surface area contributed by atoms with Crippen molar-refractivity contribution < 1.29 is 137 Å². The molecule has 0 spiro atoms. The molecule has 0 radical (unpaired) electrons. The van der Waals surface area contributed by atoms with Crippen LogP contribution in [0.25, 0.3) is 11.1 Å². The van der Waals surface area contributed by atoms with Gasteiger partial charge in [0.15, 0.2) is 35.5 Å². The zero-order chi connectivity index (χ0) is 103. The highest BCUT2D eigenvalue weighted by atomic mass is 32.2. The number of anilines is 4. The molecule has 4 aliphatic heterocycles. The first kappa shape index (κ1) is 110. The van der Waals surface area contributed by atoms with E-state index in [4.69, 9.17) is 55.7 Å². The van der Waals surface area contributed by atoms with Gasteiger partial charge in [-0.15, -0.1) is 0 Å². The van der Waals surface area contributed by atoms with Crippen molar-refractivity contribution in [3.63, 3.8) is 0 Å². The summed E-state index contributed by atoms with van der Waals surface area (Å²) < 4.78 is 168. The molecule has 8 N–H and O–H groups in total. The third kappa shape index (κ3) is 28.8. The minimum atomic E-state index is -3.77. The molecule has 10 rings (SSSR count). The van der Waals surface area contributed by atoms with Crippen molar-refractivity contribution in [2.45, 2.75) is 139 Å². The Morgan fingerprint density at radius 2 is 0.757 bits per heavy atom. The average Bonchev–Trinajstić information content (AvgIpc) is 1.60. The second-order valence-electron chi connectivity index (χ2n) is 32.7. The third-order valence-corrected chi connectivity index (χ3v) is 26.0. The van der Waals surface area contributed by atoms with Gasteiger partial charge in [0.2, 0.25) is 43.7 Å². The summed E-state index contributed by atoms with van der Waals surface area (Å²) in [6.45, 7) is 22.2. The Kier molecular flexibility index (Phi) is 38.8. The summed E-state index contributed by atoms with van der Waals surface area (Å²) in [5.41, 5.74) is 4.68. The number of nitrogens with zero attached hydrogens (tertiary/aromatic N) is 4. The van der Waals surface area contributed by atoms with E-state index in [1.54, 1.807) is 80.0 Å². The predicted octanol–water partition coefficient (Wildman–Crippen LogP) is 8.90. The van der Waals surface area contributed by atoms with Crippen LogP contribution in [0.3, 0.4) is 0 Å². The predicted molar refractivity (Wildman–Crippen MR) is 516 cm³/mol. The van der Waals surface area contributed by atoms with Crippen LogP contribution in [-0.2, 0) is 123 Å². The smallest absolute Gasteiger partial charge is 0.416 e. The Balaban J connectivity index is 0.000000497. The number of carbonyl (C=O) groups excluding carboxylic acids is 10. The summed E-state index contributed by atoms with van der Waals surface area (Å²) in [5.74, 6) is -4.19. The summed E-state index contributed by atoms with van der Waals surface area (Å²) in [7, 11) is -6.91. The van der Waals surface area contributed by atoms with Gasteiger partial charge in [0.1, 0.15) is 63.8 Å². The summed E-state index contributed by atoms with van der Waals surface area (Å²) in [4.78, 5) is 142. The maximum absolute atomic E-state index is 15.0. The second kappa shape index (κ2) is 49.3. The lowest BCUT2D eigenvalue weighted by Gasteiger charge is -2.40. The Hall–Kier alpha value is -13.6. The number of sulfonamides is 2. The minimum absolute atomic E-state index is 0.0233. The standard InChI is InChI=1S/C72H83N9O20S2.C22H33N3O10S2/c1-13-28-97-70(86)77-63(42(4)5)65(83)75-43(6)64(82)76-50-32-44(40-100-61-38-55-53(36-59(61)93-9)66(84)78-26-24-48(46-16-20-51(21-17-46)102(89,90)73-7)34-57(78)68(95-11)80(55)71(87)98-29-14-2)31-45(33-50)41-101-62-39-56-54(37-60(62)94-10)67(85)79-27-25-49(47-18-22-52(23-19-47)103(91,92)74-8)35-58(79)69(96-12)81(56)72(88)99-30-15-3;1-7-8-33-22(28)25-19(14(2)3)21(27)23-15(4)20(26)24-18-10-16(12-34-36(5,29)30)9-17(11-18)13-35-37(6,31)32/h13-25,31-33,36-39,42-43,57-58,63,68-69,73-74H,1-3,26-30,34-35,40-41H2,4-12H3,(H,75,83)(H,76,82)(H,77,86);7,9-11,14-15,19H,1,8,12-13H2,2-6H3,(H,23,27)(H,24,26)(H,25,28)/t43-,57-,58-,63-,68?,69?;15-,19-/m00/s1. The zero-order valence-corrected chi connectivity index (χ0v) is 82.9. The van der Waals surface area contributed by atoms with Gasteiger partial charge in [0, 0.05) is 50.8 Å². The summed E-state index contributed by atoms with van der Waals surface area (Å²) in [6.07, 6.45) is 5.35. The van der Waals surface area contributed by atoms with Crippen LogP contribution in [0.15, 0.2) is 182 Å². The fraction of sp³-hybridized carbons (Fsp3) is 0.383. The molecule has 6 aromatic carbocycles. The van der Waals surface area contributed by atoms with E-state index in [0.717, 1.165) is 23.7 Å². The molecule has 0 aliphatic carbocycles. The number of rotatable bonds is 42. The number of methoxy groups -OCH3 is 4. The first-order valence-electron chi connectivity index (χ1n) is 43.5. The maximum atomic E-state index is 15.0. The molecule has 0 aromatic heterocycles. The lowest BCUT2D eigenvalue weighted by Crippen LogP contribution is -2.55. The molecule has 42 nitrogen and oxygen atoms in total. The number of nitrogens with one attached hydrogen (secondary N) is 8. The normalized spacial score (nSPS) is 16.6. The molecule has 0 fully saturated rings. The van der Waals surface area contributed by atoms with Crippen molar-refractivity contribution in [2.75, 3.05) is 115 Å². The van der Waals surface area contributed by atoms with E-state index in [1.165, 1.54) is 157 Å². The summed E-state index contributed by atoms with van der Waals surface area (Å²) in [6, 6.07) is 21.4. The van der Waals surface area contributed by atoms with Crippen molar-refractivity contribution >= 4 is 134 Å². The van der Waals surface area contributed by atoms with E-state index in [2.05, 4.69) is 67.7 Å². The summed E-state index contributed by atoms with van der Waals surface area (Å²) >= 11 is 0. The Labute approximate surface area is 812 Å². The fourth-order valence-corrected chi connectivity index (χ4v) is 17.3. The number of alkyl carbamates (subject to hydrolysis) is 2. The van der Waals surface area contributed by atoms with Crippen LogP contribution in [-0.4, -0.2) is 247 Å². The number of amides is 10. The van der Waals surface area contributed by atoms with Crippen molar-refractivity contribution in [3.8, 4) is 23.0 Å². The van der Waals surface area contributed by atoms with E-state index < -0.39 is 155 Å². The lowest BCUT2D eigenvalue weighted by molar-refractivity contribution is -0.128. The molecule has 0 saturated carbocycles. The van der Waals surface area contributed by atoms with Gasteiger partial charge in [-0.05, 0) is 164 Å². The van der Waals surface area contributed by atoms with Crippen molar-refractivity contribution in [1.82, 2.24) is 40.5 Å². The first-order valence-corrected chi connectivity index (χ1v) is 50.1. The fourth-order valence-electron chi connectivity index (χ4n) is 15.1. The number of fused-ring (bicyclic) bond motifs is 4. The van der Waals surface area contributed by atoms with Crippen LogP contribution in [0.5, 0.6) is 23.0 Å². The highest BCUT2D eigenvalue weighted by Crippen LogP contribution is 2.46. The first-order chi connectivity index (χ1) is 66.3. The van der Waals surface area contributed by atoms with E-state index in [1.807, 2.05) is 12.2 Å². The number of benzene rings is 6. The molecular formula is C94H116N12O30S4. The molecule has 8 atom stereocenters. The topological polar surface area (TPSA) is 527 Å². The van der Waals surface area contributed by atoms with Crippen LogP contribution in [0, 0.1) is 11.8 Å². The van der Waals surface area contributed by atoms with Crippen molar-refractivity contribution in [3.05, 3.63) is 216 Å². The van der Waals surface area contributed by atoms with Crippen LogP contribution >= 0.6 is 0 Å². The van der Waals surface area contributed by atoms with E-state index in [-0.39, 0.29) is 151 Å². The van der Waals surface area contributed by atoms with Gasteiger partial charge in [-0.3, -0.25) is 37.1 Å². The highest BCUT2D eigenvalue weighted by molar-refractivity contribution is 7.89. The van der Waals surface area contributed by atoms with Crippen molar-refractivity contribution in [2.24, 2.45) is 11.8 Å². The zero-order valence-electron chi connectivity index (χ0n) is 79.6. The van der Waals surface area contributed by atoms with Gasteiger partial charge in [0.25, 0.3) is 32.1 Å². The van der Waals surface area contributed by atoms with Crippen LogP contribution in [0.4, 0.5) is 41.9 Å². The van der Waals surface area contributed by atoms with Crippen LogP contribution in [0.1, 0.15) is 108 Å². The number of carbonyl (C=O) groups is 10. The number of hydrogen-bond donors (Lipinski definition) is 8. The van der Waals surface area contributed by atoms with E-state index in [0.29, 0.717) is 33.4 Å². The molecule has 2 unspecified atom stereocenters. The molecule has 140 heavy (non-hydrogen) atoms. The van der Waals surface area contributed by atoms with E-state index >= 15 is 0 Å². The van der Waals surface area contributed by atoms with Gasteiger partial charge < -0.3 is 89.1 Å². The van der Waals surface area contributed by atoms with Gasteiger partial charge in [0.05, 0.1) is 84.3 Å². The van der Waals surface area contributed by atoms with Crippen molar-refractivity contribution in [1.29, 1.82) is 0 Å². The van der Waals surface area contributed by atoms with Gasteiger partial charge >= 0.3 is 24.4 Å². The maximum Gasteiger partial charge on any atom is 0.416 e. The molecule has 6 aromatic rings. The largest absolute Gasteiger partial charge is 0.493 e. The molecule has 0 bridgehead atoms. The minimum Gasteiger partial charge on any atom is -0.493 e. The quantitative estimate of drug-likeness (QED) is 0.0101.